The summed E-state index contributed by atoms with van der Waals surface area (Å²) in [4.78, 5) is 14.3. The molecule has 1 heterocycles. The first-order valence-corrected chi connectivity index (χ1v) is 10.1. The first kappa shape index (κ1) is 19.8. The summed E-state index contributed by atoms with van der Waals surface area (Å²) in [5, 5.41) is 5.42. The number of nitrogens with zero attached hydrogens (tertiary/aromatic N) is 1. The first-order chi connectivity index (χ1) is 14.7. The number of nitrogens with one attached hydrogen (secondary N) is 2. The van der Waals surface area contributed by atoms with Gasteiger partial charge >= 0.3 is 6.03 Å². The van der Waals surface area contributed by atoms with Gasteiger partial charge in [-0.3, -0.25) is 0 Å². The molecular formula is C24H24FN3O2. The van der Waals surface area contributed by atoms with Gasteiger partial charge in [-0.15, -0.1) is 0 Å². The van der Waals surface area contributed by atoms with E-state index in [-0.39, 0.29) is 5.82 Å². The van der Waals surface area contributed by atoms with Gasteiger partial charge in [0.1, 0.15) is 17.3 Å². The summed E-state index contributed by atoms with van der Waals surface area (Å²) >= 11 is 0. The smallest absolute Gasteiger partial charge is 0.323 e. The number of rotatable bonds is 5. The molecule has 154 valence electrons. The van der Waals surface area contributed by atoms with Gasteiger partial charge in [0.25, 0.3) is 0 Å². The van der Waals surface area contributed by atoms with Crippen molar-refractivity contribution in [1.29, 1.82) is 0 Å². The zero-order chi connectivity index (χ0) is 20.8. The van der Waals surface area contributed by atoms with Gasteiger partial charge in [-0.05, 0) is 73.9 Å². The second kappa shape index (κ2) is 9.31. The molecule has 1 saturated heterocycles. The highest BCUT2D eigenvalue weighted by Gasteiger charge is 2.15. The maximum Gasteiger partial charge on any atom is 0.323 e. The van der Waals surface area contributed by atoms with Crippen molar-refractivity contribution in [2.24, 2.45) is 0 Å². The number of ether oxygens (including phenoxy) is 1. The molecule has 1 fully saturated rings. The Hall–Kier alpha value is -3.54. The normalized spacial score (nSPS) is 13.6. The van der Waals surface area contributed by atoms with Crippen LogP contribution in [0.2, 0.25) is 0 Å². The molecule has 5 nitrogen and oxygen atoms in total. The number of hydrogen-bond acceptors (Lipinski definition) is 3. The second-order valence-electron chi connectivity index (χ2n) is 7.23. The molecule has 4 rings (SSSR count). The van der Waals surface area contributed by atoms with Gasteiger partial charge in [0.05, 0.1) is 5.69 Å². The van der Waals surface area contributed by atoms with Crippen molar-refractivity contribution in [3.8, 4) is 11.5 Å². The molecule has 2 amide bonds. The van der Waals surface area contributed by atoms with Crippen LogP contribution < -0.4 is 20.3 Å². The molecule has 0 aromatic heterocycles. The molecule has 0 atom stereocenters. The number of urea groups is 1. The van der Waals surface area contributed by atoms with Crippen LogP contribution in [0.5, 0.6) is 11.5 Å². The molecule has 30 heavy (non-hydrogen) atoms. The van der Waals surface area contributed by atoms with Gasteiger partial charge in [-0.25, -0.2) is 9.18 Å². The number of anilines is 3. The van der Waals surface area contributed by atoms with Gasteiger partial charge < -0.3 is 20.3 Å². The molecule has 0 aliphatic carbocycles. The van der Waals surface area contributed by atoms with Crippen LogP contribution in [0.3, 0.4) is 0 Å². The fourth-order valence-electron chi connectivity index (χ4n) is 3.50. The molecule has 0 radical (unpaired) electrons. The molecule has 0 saturated carbocycles. The second-order valence-corrected chi connectivity index (χ2v) is 7.23. The number of para-hydroxylation sites is 1. The van der Waals surface area contributed by atoms with Crippen LogP contribution in [0.1, 0.15) is 19.3 Å². The topological polar surface area (TPSA) is 53.6 Å². The maximum absolute atomic E-state index is 14.5. The van der Waals surface area contributed by atoms with Gasteiger partial charge in [-0.2, -0.15) is 0 Å². The molecule has 0 bridgehead atoms. The van der Waals surface area contributed by atoms with Crippen molar-refractivity contribution in [3.05, 3.63) is 78.6 Å². The minimum absolute atomic E-state index is 0.322. The average Bonchev–Trinajstić information content (AvgIpc) is 2.76. The van der Waals surface area contributed by atoms with Crippen LogP contribution >= 0.6 is 0 Å². The summed E-state index contributed by atoms with van der Waals surface area (Å²) < 4.78 is 20.2. The Bertz CT molecular complexity index is 987. The van der Waals surface area contributed by atoms with E-state index in [1.165, 1.54) is 12.5 Å². The summed E-state index contributed by atoms with van der Waals surface area (Å²) in [7, 11) is 0. The van der Waals surface area contributed by atoms with Gasteiger partial charge in [0.2, 0.25) is 0 Å². The number of carbonyl (C=O) groups is 1. The highest BCUT2D eigenvalue weighted by atomic mass is 19.1. The Morgan fingerprint density at radius 3 is 2.13 bits per heavy atom. The Morgan fingerprint density at radius 1 is 0.800 bits per heavy atom. The largest absolute Gasteiger partial charge is 0.457 e. The third-order valence-corrected chi connectivity index (χ3v) is 4.99. The lowest BCUT2D eigenvalue weighted by Crippen LogP contribution is -2.30. The summed E-state index contributed by atoms with van der Waals surface area (Å²) in [6, 6.07) is 20.9. The number of benzene rings is 3. The zero-order valence-corrected chi connectivity index (χ0v) is 16.6. The van der Waals surface area contributed by atoms with E-state index >= 15 is 0 Å². The maximum atomic E-state index is 14.5. The first-order valence-electron chi connectivity index (χ1n) is 10.1. The number of halogens is 1. The third kappa shape index (κ3) is 5.08. The number of amides is 2. The fraction of sp³-hybridized carbons (Fsp3) is 0.208. The molecular weight excluding hydrogens is 381 g/mol. The van der Waals surface area contributed by atoms with Crippen molar-refractivity contribution < 1.29 is 13.9 Å². The minimum atomic E-state index is -0.433. The third-order valence-electron chi connectivity index (χ3n) is 4.99. The lowest BCUT2D eigenvalue weighted by molar-refractivity contribution is 0.262. The van der Waals surface area contributed by atoms with Crippen LogP contribution in [-0.4, -0.2) is 19.1 Å². The molecule has 3 aromatic carbocycles. The van der Waals surface area contributed by atoms with Gasteiger partial charge in [-0.1, -0.05) is 18.2 Å². The van der Waals surface area contributed by atoms with Crippen molar-refractivity contribution in [2.45, 2.75) is 19.3 Å². The Balaban J connectivity index is 1.33. The van der Waals surface area contributed by atoms with Crippen molar-refractivity contribution >= 4 is 23.1 Å². The highest BCUT2D eigenvalue weighted by Crippen LogP contribution is 2.26. The SMILES string of the molecule is O=C(Nc1ccc(Oc2ccccc2)cc1)Nc1ccc(N2CCCCC2)c(F)c1. The van der Waals surface area contributed by atoms with E-state index < -0.39 is 6.03 Å². The Kier molecular flexibility index (Phi) is 6.13. The molecule has 3 aromatic rings. The van der Waals surface area contributed by atoms with E-state index in [1.54, 1.807) is 36.4 Å². The monoisotopic (exact) mass is 405 g/mol. The molecule has 1 aliphatic heterocycles. The van der Waals surface area contributed by atoms with Gasteiger partial charge in [0.15, 0.2) is 0 Å². The minimum Gasteiger partial charge on any atom is -0.457 e. The van der Waals surface area contributed by atoms with Gasteiger partial charge in [0, 0.05) is 24.5 Å². The lowest BCUT2D eigenvalue weighted by atomic mass is 10.1. The molecule has 2 N–H and O–H groups in total. The standard InChI is InChI=1S/C24H24FN3O2/c25-22-17-19(11-14-23(22)28-15-5-2-6-16-28)27-24(29)26-18-9-12-21(13-10-18)30-20-7-3-1-4-8-20/h1,3-4,7-14,17H,2,5-6,15-16H2,(H2,26,27,29). The molecule has 1 aliphatic rings. The molecule has 0 unspecified atom stereocenters. The van der Waals surface area contributed by atoms with E-state index in [0.717, 1.165) is 31.7 Å². The van der Waals surface area contributed by atoms with Crippen molar-refractivity contribution in [1.82, 2.24) is 0 Å². The van der Waals surface area contributed by atoms with Crippen LogP contribution in [-0.2, 0) is 0 Å². The molecule has 6 heteroatoms. The summed E-state index contributed by atoms with van der Waals surface area (Å²) in [5.74, 6) is 1.09. The number of carbonyl (C=O) groups excluding carboxylic acids is 1. The number of piperidine rings is 1. The van der Waals surface area contributed by atoms with E-state index in [2.05, 4.69) is 15.5 Å². The summed E-state index contributed by atoms with van der Waals surface area (Å²) in [6.07, 6.45) is 3.35. The lowest BCUT2D eigenvalue weighted by Gasteiger charge is -2.29. The number of hydrogen-bond donors (Lipinski definition) is 2. The van der Waals surface area contributed by atoms with Crippen molar-refractivity contribution in [2.75, 3.05) is 28.6 Å². The molecule has 0 spiro atoms. The predicted molar refractivity (Wildman–Crippen MR) is 118 cm³/mol. The zero-order valence-electron chi connectivity index (χ0n) is 16.6. The predicted octanol–water partition coefficient (Wildman–Crippen LogP) is 6.25. The van der Waals surface area contributed by atoms with E-state index in [4.69, 9.17) is 4.74 Å². The van der Waals surface area contributed by atoms with Crippen LogP contribution in [0.15, 0.2) is 72.8 Å². The Labute approximate surface area is 175 Å². The highest BCUT2D eigenvalue weighted by molar-refractivity contribution is 5.99. The average molecular weight is 405 g/mol. The summed E-state index contributed by atoms with van der Waals surface area (Å²) in [6.45, 7) is 1.74. The Morgan fingerprint density at radius 2 is 1.43 bits per heavy atom. The van der Waals surface area contributed by atoms with E-state index in [9.17, 15) is 9.18 Å². The van der Waals surface area contributed by atoms with Crippen LogP contribution in [0.25, 0.3) is 0 Å². The quantitative estimate of drug-likeness (QED) is 0.527. The van der Waals surface area contributed by atoms with Crippen LogP contribution in [0, 0.1) is 5.82 Å². The summed E-state index contributed by atoms with van der Waals surface area (Å²) in [5.41, 5.74) is 1.61. The van der Waals surface area contributed by atoms with E-state index in [0.29, 0.717) is 22.8 Å². The van der Waals surface area contributed by atoms with Crippen molar-refractivity contribution in [3.63, 3.8) is 0 Å². The fourth-order valence-corrected chi connectivity index (χ4v) is 3.50. The van der Waals surface area contributed by atoms with E-state index in [1.807, 2.05) is 30.3 Å². The van der Waals surface area contributed by atoms with Crippen LogP contribution in [0.4, 0.5) is 26.2 Å².